The molecule has 3 aliphatic heterocycles. The quantitative estimate of drug-likeness (QED) is 0.112. The van der Waals surface area contributed by atoms with Crippen LogP contribution in [-0.2, 0) is 9.47 Å². The maximum absolute atomic E-state index is 7.06. The van der Waals surface area contributed by atoms with Crippen LogP contribution in [0.15, 0.2) is 134 Å². The zero-order valence-corrected chi connectivity index (χ0v) is 30.7. The molecule has 0 bridgehead atoms. The third-order valence-corrected chi connectivity index (χ3v) is 12.4. The van der Waals surface area contributed by atoms with Gasteiger partial charge in [-0.3, -0.25) is 0 Å². The lowest BCUT2D eigenvalue weighted by molar-refractivity contribution is 0.262. The highest BCUT2D eigenvalue weighted by atomic mass is 31.1. The molecule has 6 nitrogen and oxygen atoms in total. The number of allylic oxidation sites excluding steroid dienone is 12. The molecule has 5 unspecified atom stereocenters. The molecule has 10 rings (SSSR count). The van der Waals surface area contributed by atoms with Crippen molar-refractivity contribution in [3.8, 4) is 28.4 Å². The molecule has 53 heavy (non-hydrogen) atoms. The number of hydrogen-bond acceptors (Lipinski definition) is 5. The van der Waals surface area contributed by atoms with Gasteiger partial charge in [0, 0.05) is 22.0 Å². The lowest BCUT2D eigenvalue weighted by Crippen LogP contribution is -2.24. The first-order valence-corrected chi connectivity index (χ1v) is 19.8. The smallest absolute Gasteiger partial charge is 0.155 e. The van der Waals surface area contributed by atoms with E-state index in [0.717, 1.165) is 72.1 Å². The van der Waals surface area contributed by atoms with Gasteiger partial charge in [0.2, 0.25) is 0 Å². The monoisotopic (exact) mass is 717 g/mol. The Morgan fingerprint density at radius 3 is 2.26 bits per heavy atom. The lowest BCUT2D eigenvalue weighted by Gasteiger charge is -2.30. The van der Waals surface area contributed by atoms with Crippen LogP contribution in [0.2, 0.25) is 0 Å². The topological polar surface area (TPSA) is 57.7 Å². The molecule has 0 spiro atoms. The number of aromatic nitrogens is 1. The van der Waals surface area contributed by atoms with Crippen molar-refractivity contribution in [2.75, 3.05) is 26.4 Å². The van der Waals surface area contributed by atoms with E-state index in [2.05, 4.69) is 146 Å². The Morgan fingerprint density at radius 1 is 0.736 bits per heavy atom. The Morgan fingerprint density at radius 2 is 1.45 bits per heavy atom. The summed E-state index contributed by atoms with van der Waals surface area (Å²) in [6, 6.07) is 25.9. The molecule has 5 aliphatic rings. The molecule has 4 heterocycles. The molecule has 0 amide bonds. The number of hydrogen-bond donors (Lipinski definition) is 0. The molecule has 0 N–H and O–H groups in total. The number of fused-ring (bicyclic) bond motifs is 6. The van der Waals surface area contributed by atoms with E-state index in [4.69, 9.17) is 23.5 Å². The Labute approximate surface area is 310 Å². The van der Waals surface area contributed by atoms with Crippen LogP contribution in [0.1, 0.15) is 19.4 Å². The van der Waals surface area contributed by atoms with Crippen LogP contribution >= 0.6 is 8.15 Å². The summed E-state index contributed by atoms with van der Waals surface area (Å²) in [6.45, 7) is 6.73. The normalized spacial score (nSPS) is 23.8. The third-order valence-electron chi connectivity index (χ3n) is 10.4. The fraction of sp³-hybridized carbons (Fsp3) is 0.217. The van der Waals surface area contributed by atoms with Gasteiger partial charge in [0.1, 0.15) is 48.2 Å². The average molecular weight is 718 g/mol. The summed E-state index contributed by atoms with van der Waals surface area (Å²) in [4.78, 5) is 0. The van der Waals surface area contributed by atoms with Gasteiger partial charge < -0.3 is 28.0 Å². The van der Waals surface area contributed by atoms with E-state index in [1.165, 1.54) is 5.56 Å². The number of epoxide rings is 2. The van der Waals surface area contributed by atoms with Crippen LogP contribution in [0, 0.1) is 11.8 Å². The molecular formula is C46H40NO5P. The Hall–Kier alpha value is -5.13. The number of rotatable bonds is 9. The predicted molar refractivity (Wildman–Crippen MR) is 216 cm³/mol. The van der Waals surface area contributed by atoms with E-state index < -0.39 is 8.15 Å². The molecule has 0 radical (unpaired) electrons. The number of ether oxygens (including phenoxy) is 4. The summed E-state index contributed by atoms with van der Waals surface area (Å²) < 4.78 is 34.6. The van der Waals surface area contributed by atoms with Gasteiger partial charge in [0.05, 0.1) is 29.4 Å². The van der Waals surface area contributed by atoms with E-state index in [1.54, 1.807) is 0 Å². The molecular weight excluding hydrogens is 677 g/mol. The SMILES string of the molecule is CC1C=CC=C(c2ccc3c(c2)c2c(OCC4CO4)c(P4Oc5ccccc5-c5ccccc54)cc(OCC4CO4)c2n3C2=CC=CC(C)C=C2)C=C1. The van der Waals surface area contributed by atoms with Crippen molar-refractivity contribution in [1.29, 1.82) is 0 Å². The van der Waals surface area contributed by atoms with Gasteiger partial charge in [-0.15, -0.1) is 0 Å². The second-order valence-corrected chi connectivity index (χ2v) is 16.1. The third kappa shape index (κ3) is 6.15. The van der Waals surface area contributed by atoms with E-state index in [-0.39, 0.29) is 12.2 Å². The van der Waals surface area contributed by atoms with E-state index >= 15 is 0 Å². The fourth-order valence-electron chi connectivity index (χ4n) is 7.41. The molecule has 264 valence electrons. The Bertz CT molecular complexity index is 2460. The summed E-state index contributed by atoms with van der Waals surface area (Å²) in [5, 5.41) is 4.23. The van der Waals surface area contributed by atoms with Crippen molar-refractivity contribution >= 4 is 51.8 Å². The van der Waals surface area contributed by atoms with E-state index in [0.29, 0.717) is 38.3 Å². The van der Waals surface area contributed by atoms with Crippen LogP contribution in [0.3, 0.4) is 0 Å². The molecule has 5 atom stereocenters. The van der Waals surface area contributed by atoms with Gasteiger partial charge in [-0.05, 0) is 65.0 Å². The van der Waals surface area contributed by atoms with Gasteiger partial charge >= 0.3 is 0 Å². The number of nitrogens with zero attached hydrogens (tertiary/aromatic N) is 1. The molecule has 2 fully saturated rings. The molecule has 7 heteroatoms. The van der Waals surface area contributed by atoms with Gasteiger partial charge in [-0.1, -0.05) is 111 Å². The summed E-state index contributed by atoms with van der Waals surface area (Å²) in [5.41, 5.74) is 7.68. The number of para-hydroxylation sites is 1. The van der Waals surface area contributed by atoms with Gasteiger partial charge in [0.15, 0.2) is 8.15 Å². The maximum Gasteiger partial charge on any atom is 0.155 e. The van der Waals surface area contributed by atoms with Crippen LogP contribution in [0.5, 0.6) is 17.2 Å². The summed E-state index contributed by atoms with van der Waals surface area (Å²) in [7, 11) is -1.36. The first kappa shape index (κ1) is 32.5. The minimum atomic E-state index is -1.36. The van der Waals surface area contributed by atoms with Crippen molar-refractivity contribution < 1.29 is 23.5 Å². The highest BCUT2D eigenvalue weighted by molar-refractivity contribution is 7.69. The van der Waals surface area contributed by atoms with Gasteiger partial charge in [-0.2, -0.15) is 0 Å². The molecule has 0 saturated carbocycles. The van der Waals surface area contributed by atoms with Gasteiger partial charge in [0.25, 0.3) is 0 Å². The number of benzene rings is 4. The van der Waals surface area contributed by atoms with E-state index in [9.17, 15) is 0 Å². The average Bonchev–Trinajstić information content (AvgIpc) is 4.11. The van der Waals surface area contributed by atoms with Crippen molar-refractivity contribution in [2.24, 2.45) is 11.8 Å². The van der Waals surface area contributed by atoms with Crippen LogP contribution in [-0.4, -0.2) is 43.2 Å². The van der Waals surface area contributed by atoms with Crippen molar-refractivity contribution in [1.82, 2.24) is 4.57 Å². The first-order chi connectivity index (χ1) is 26.1. The van der Waals surface area contributed by atoms with Crippen molar-refractivity contribution in [3.05, 3.63) is 139 Å². The maximum atomic E-state index is 7.06. The summed E-state index contributed by atoms with van der Waals surface area (Å²) in [5.74, 6) is 3.15. The standard InChI is InChI=1S/C46H40NO5P/c1-29-9-7-11-31(19-17-29)32-20-22-39-38(23-32)44-45(47(39)33-12-8-10-30(2)18-21-33)41(50-27-34-25-48-34)24-43(46(44)51-28-35-26-49-35)53-42-16-6-4-14-37(42)36-13-3-5-15-40(36)52-53/h3-24,29-30,34-35H,25-28H2,1-2H3. The molecule has 2 saturated heterocycles. The Kier molecular flexibility index (Phi) is 8.21. The highest BCUT2D eigenvalue weighted by Crippen LogP contribution is 2.53. The summed E-state index contributed by atoms with van der Waals surface area (Å²) in [6.07, 6.45) is 22.3. The Balaban J connectivity index is 1.28. The van der Waals surface area contributed by atoms with Crippen molar-refractivity contribution in [3.63, 3.8) is 0 Å². The fourth-order valence-corrected chi connectivity index (χ4v) is 9.45. The largest absolute Gasteiger partial charge is 0.489 e. The van der Waals surface area contributed by atoms with E-state index in [1.807, 2.05) is 6.07 Å². The minimum Gasteiger partial charge on any atom is -0.489 e. The zero-order chi connectivity index (χ0) is 35.5. The highest BCUT2D eigenvalue weighted by Gasteiger charge is 2.35. The van der Waals surface area contributed by atoms with Crippen LogP contribution in [0.4, 0.5) is 0 Å². The van der Waals surface area contributed by atoms with Crippen LogP contribution in [0.25, 0.3) is 44.2 Å². The minimum absolute atomic E-state index is 0.0620. The molecule has 5 aromatic rings. The predicted octanol–water partition coefficient (Wildman–Crippen LogP) is 9.51. The summed E-state index contributed by atoms with van der Waals surface area (Å²) >= 11 is 0. The second kappa shape index (κ2) is 13.4. The molecule has 2 aliphatic carbocycles. The van der Waals surface area contributed by atoms with Gasteiger partial charge in [-0.25, -0.2) is 0 Å². The molecule has 1 aromatic heterocycles. The molecule has 4 aromatic carbocycles. The van der Waals surface area contributed by atoms with Crippen molar-refractivity contribution in [2.45, 2.75) is 26.1 Å². The second-order valence-electron chi connectivity index (χ2n) is 14.4. The first-order valence-electron chi connectivity index (χ1n) is 18.5. The lowest BCUT2D eigenvalue weighted by atomic mass is 10.0. The zero-order valence-electron chi connectivity index (χ0n) is 29.8. The van der Waals surface area contributed by atoms with Crippen LogP contribution < -0.4 is 24.6 Å².